The molecular formula is C10H12F2N2O4S. The van der Waals surface area contributed by atoms with Crippen LogP contribution in [0.25, 0.3) is 0 Å². The Morgan fingerprint density at radius 2 is 2.05 bits per heavy atom. The molecule has 0 atom stereocenters. The average Bonchev–Trinajstić information content (AvgIpc) is 2.29. The van der Waals surface area contributed by atoms with Crippen LogP contribution in [0.4, 0.5) is 8.78 Å². The molecule has 0 aromatic heterocycles. The van der Waals surface area contributed by atoms with Gasteiger partial charge in [0.2, 0.25) is 15.9 Å². The lowest BCUT2D eigenvalue weighted by atomic mass is 10.3. The Balaban J connectivity index is 3.03. The van der Waals surface area contributed by atoms with E-state index in [-0.39, 0.29) is 18.9 Å². The molecule has 0 spiro atoms. The molecule has 0 bridgehead atoms. The first-order valence-corrected chi connectivity index (χ1v) is 6.65. The normalized spacial score (nSPS) is 11.2. The van der Waals surface area contributed by atoms with E-state index in [2.05, 4.69) is 5.32 Å². The number of halogens is 2. The molecule has 0 saturated heterocycles. The van der Waals surface area contributed by atoms with Crippen molar-refractivity contribution in [1.82, 2.24) is 5.32 Å². The smallest absolute Gasteiger partial charge is 0.241 e. The second-order valence-electron chi connectivity index (χ2n) is 3.53. The van der Waals surface area contributed by atoms with E-state index in [0.717, 1.165) is 0 Å². The quantitative estimate of drug-likeness (QED) is 0.806. The largest absolute Gasteiger partial charge is 0.489 e. The number of rotatable bonds is 5. The Morgan fingerprint density at radius 1 is 1.42 bits per heavy atom. The predicted octanol–water partition coefficient (Wildman–Crippen LogP) is 0.127. The summed E-state index contributed by atoms with van der Waals surface area (Å²) < 4.78 is 53.7. The fraction of sp³-hybridized carbons (Fsp3) is 0.300. The maximum atomic E-state index is 13.5. The molecule has 0 fully saturated rings. The van der Waals surface area contributed by atoms with Crippen molar-refractivity contribution in [2.24, 2.45) is 5.14 Å². The Morgan fingerprint density at radius 3 is 2.58 bits per heavy atom. The van der Waals surface area contributed by atoms with Crippen molar-refractivity contribution in [2.75, 3.05) is 13.7 Å². The molecule has 0 radical (unpaired) electrons. The minimum atomic E-state index is -4.34. The number of hydrogen-bond acceptors (Lipinski definition) is 4. The number of carbonyl (C=O) groups excluding carboxylic acids is 1. The summed E-state index contributed by atoms with van der Waals surface area (Å²) >= 11 is 0. The van der Waals surface area contributed by atoms with Crippen LogP contribution in [0, 0.1) is 11.6 Å². The zero-order valence-corrected chi connectivity index (χ0v) is 10.8. The summed E-state index contributed by atoms with van der Waals surface area (Å²) in [6.45, 7) is -0.273. The summed E-state index contributed by atoms with van der Waals surface area (Å²) in [4.78, 5) is 10.1. The van der Waals surface area contributed by atoms with E-state index in [1.807, 2.05) is 0 Å². The maximum Gasteiger partial charge on any atom is 0.241 e. The number of amides is 1. The molecule has 9 heteroatoms. The summed E-state index contributed by atoms with van der Waals surface area (Å²) in [6.07, 6.45) is -0.114. The lowest BCUT2D eigenvalue weighted by Gasteiger charge is -2.11. The Kier molecular flexibility index (Phi) is 4.78. The third kappa shape index (κ3) is 4.14. The highest BCUT2D eigenvalue weighted by atomic mass is 32.2. The third-order valence-corrected chi connectivity index (χ3v) is 3.05. The van der Waals surface area contributed by atoms with Gasteiger partial charge in [0.1, 0.15) is 10.7 Å². The number of carbonyl (C=O) groups is 1. The topological polar surface area (TPSA) is 98.5 Å². The highest BCUT2D eigenvalue weighted by Gasteiger charge is 2.21. The minimum Gasteiger partial charge on any atom is -0.489 e. The molecule has 0 aliphatic heterocycles. The van der Waals surface area contributed by atoms with Crippen LogP contribution < -0.4 is 15.2 Å². The molecule has 1 rings (SSSR count). The first-order valence-electron chi connectivity index (χ1n) is 5.11. The summed E-state index contributed by atoms with van der Waals surface area (Å²) in [6, 6.07) is 1.01. The van der Waals surface area contributed by atoms with Gasteiger partial charge in [-0.1, -0.05) is 0 Å². The van der Waals surface area contributed by atoms with Crippen LogP contribution in [0.2, 0.25) is 0 Å². The number of sulfonamides is 1. The monoisotopic (exact) mass is 294 g/mol. The van der Waals surface area contributed by atoms with Crippen molar-refractivity contribution in [3.8, 4) is 5.75 Å². The van der Waals surface area contributed by atoms with Gasteiger partial charge in [0, 0.05) is 13.1 Å². The SMILES string of the molecule is CNC(=O)CCOc1c(F)cc(F)cc1S(N)(=O)=O. The van der Waals surface area contributed by atoms with E-state index >= 15 is 0 Å². The highest BCUT2D eigenvalue weighted by molar-refractivity contribution is 7.89. The molecule has 0 unspecified atom stereocenters. The van der Waals surface area contributed by atoms with E-state index in [4.69, 9.17) is 9.88 Å². The lowest BCUT2D eigenvalue weighted by molar-refractivity contribution is -0.121. The standard InChI is InChI=1S/C10H12F2N2O4S/c1-14-9(15)2-3-18-10-7(12)4-6(11)5-8(10)19(13,16)17/h4-5H,2-3H2,1H3,(H,14,15)(H2,13,16,17). The third-order valence-electron chi connectivity index (χ3n) is 2.14. The highest BCUT2D eigenvalue weighted by Crippen LogP contribution is 2.27. The first-order chi connectivity index (χ1) is 8.75. The molecule has 1 aromatic carbocycles. The Labute approximate surface area is 108 Å². The molecule has 0 saturated carbocycles. The van der Waals surface area contributed by atoms with Crippen LogP contribution in [-0.2, 0) is 14.8 Å². The molecule has 0 aliphatic rings. The summed E-state index contributed by atoms with van der Waals surface area (Å²) in [5, 5.41) is 7.14. The van der Waals surface area contributed by atoms with Gasteiger partial charge >= 0.3 is 0 Å². The molecule has 1 amide bonds. The van der Waals surface area contributed by atoms with Crippen molar-refractivity contribution in [1.29, 1.82) is 0 Å². The molecule has 1 aromatic rings. The summed E-state index contributed by atoms with van der Waals surface area (Å²) in [5.74, 6) is -3.38. The number of hydrogen-bond donors (Lipinski definition) is 2. The van der Waals surface area contributed by atoms with Crippen LogP contribution in [-0.4, -0.2) is 28.0 Å². The van der Waals surface area contributed by atoms with E-state index in [1.54, 1.807) is 0 Å². The maximum absolute atomic E-state index is 13.5. The second kappa shape index (κ2) is 5.93. The number of nitrogens with one attached hydrogen (secondary N) is 1. The van der Waals surface area contributed by atoms with Gasteiger partial charge in [-0.05, 0) is 6.07 Å². The minimum absolute atomic E-state index is 0.114. The number of benzene rings is 1. The number of primary sulfonamides is 1. The van der Waals surface area contributed by atoms with Gasteiger partial charge in [0.05, 0.1) is 13.0 Å². The molecule has 19 heavy (non-hydrogen) atoms. The second-order valence-corrected chi connectivity index (χ2v) is 5.06. The zero-order chi connectivity index (χ0) is 14.6. The molecule has 0 heterocycles. The van der Waals surface area contributed by atoms with Crippen molar-refractivity contribution < 1.29 is 26.7 Å². The van der Waals surface area contributed by atoms with Crippen LogP contribution in [0.1, 0.15) is 6.42 Å². The Bertz CT molecular complexity index is 589. The van der Waals surface area contributed by atoms with Gasteiger partial charge in [-0.25, -0.2) is 22.3 Å². The zero-order valence-electron chi connectivity index (χ0n) is 9.94. The summed E-state index contributed by atoms with van der Waals surface area (Å²) in [7, 11) is -2.94. The van der Waals surface area contributed by atoms with Crippen molar-refractivity contribution in [3.63, 3.8) is 0 Å². The molecule has 106 valence electrons. The van der Waals surface area contributed by atoms with Crippen LogP contribution in [0.3, 0.4) is 0 Å². The van der Waals surface area contributed by atoms with Crippen molar-refractivity contribution in [2.45, 2.75) is 11.3 Å². The fourth-order valence-corrected chi connectivity index (χ4v) is 1.95. The van der Waals surface area contributed by atoms with E-state index in [9.17, 15) is 22.0 Å². The van der Waals surface area contributed by atoms with Gasteiger partial charge < -0.3 is 10.1 Å². The number of ether oxygens (including phenoxy) is 1. The van der Waals surface area contributed by atoms with Crippen molar-refractivity contribution in [3.05, 3.63) is 23.8 Å². The summed E-state index contributed by atoms with van der Waals surface area (Å²) in [5.41, 5.74) is 0. The van der Waals surface area contributed by atoms with Crippen LogP contribution in [0.5, 0.6) is 5.75 Å². The molecular weight excluding hydrogens is 282 g/mol. The van der Waals surface area contributed by atoms with Gasteiger partial charge in [0.25, 0.3) is 0 Å². The van der Waals surface area contributed by atoms with E-state index < -0.39 is 32.3 Å². The fourth-order valence-electron chi connectivity index (χ4n) is 1.26. The van der Waals surface area contributed by atoms with Crippen LogP contribution >= 0.6 is 0 Å². The molecule has 3 N–H and O–H groups in total. The van der Waals surface area contributed by atoms with E-state index in [1.165, 1.54) is 7.05 Å². The van der Waals surface area contributed by atoms with E-state index in [0.29, 0.717) is 12.1 Å². The van der Waals surface area contributed by atoms with Gasteiger partial charge in [-0.3, -0.25) is 4.79 Å². The van der Waals surface area contributed by atoms with Crippen molar-refractivity contribution >= 4 is 15.9 Å². The van der Waals surface area contributed by atoms with Gasteiger partial charge in [-0.2, -0.15) is 0 Å². The van der Waals surface area contributed by atoms with Gasteiger partial charge in [0.15, 0.2) is 11.6 Å². The molecule has 0 aliphatic carbocycles. The number of nitrogens with two attached hydrogens (primary N) is 1. The Hall–Kier alpha value is -1.74. The lowest BCUT2D eigenvalue weighted by Crippen LogP contribution is -2.21. The predicted molar refractivity (Wildman–Crippen MR) is 61.9 cm³/mol. The molecule has 6 nitrogen and oxygen atoms in total. The van der Waals surface area contributed by atoms with Gasteiger partial charge in [-0.15, -0.1) is 0 Å². The van der Waals surface area contributed by atoms with Crippen LogP contribution in [0.15, 0.2) is 17.0 Å². The first kappa shape index (κ1) is 15.3. The average molecular weight is 294 g/mol.